The quantitative estimate of drug-likeness (QED) is 0.524. The Morgan fingerprint density at radius 2 is 1.81 bits per heavy atom. The molecule has 2 aromatic rings. The molecule has 0 aliphatic rings. The zero-order chi connectivity index (χ0) is 19.6. The first kappa shape index (κ1) is 21.0. The topological polar surface area (TPSA) is 65.7 Å². The molecule has 2 rings (SSSR count). The van der Waals surface area contributed by atoms with Crippen LogP contribution in [-0.2, 0) is 32.5 Å². The van der Waals surface area contributed by atoms with Gasteiger partial charge in [0, 0.05) is 31.6 Å². The predicted octanol–water partition coefficient (Wildman–Crippen LogP) is 3.12. The second-order valence-electron chi connectivity index (χ2n) is 6.79. The molecule has 0 bridgehead atoms. The van der Waals surface area contributed by atoms with Gasteiger partial charge in [0.25, 0.3) is 0 Å². The van der Waals surface area contributed by atoms with Gasteiger partial charge in [0.05, 0.1) is 12.2 Å². The molecule has 0 spiro atoms. The number of rotatable bonds is 9. The third-order valence-corrected chi connectivity index (χ3v) is 4.40. The van der Waals surface area contributed by atoms with Crippen LogP contribution in [0.4, 0.5) is 0 Å². The lowest BCUT2D eigenvalue weighted by molar-refractivity contribution is 0.380. The maximum Gasteiger partial charge on any atom is 0.191 e. The van der Waals surface area contributed by atoms with Crippen molar-refractivity contribution in [1.82, 2.24) is 20.7 Å². The molecule has 0 saturated heterocycles. The smallest absolute Gasteiger partial charge is 0.191 e. The summed E-state index contributed by atoms with van der Waals surface area (Å²) in [6.45, 7) is 9.30. The average molecular weight is 372 g/mol. The number of aliphatic imine (C=N–C) groups is 1. The van der Waals surface area contributed by atoms with Gasteiger partial charge in [-0.15, -0.1) is 0 Å². The fourth-order valence-corrected chi connectivity index (χ4v) is 3.02. The van der Waals surface area contributed by atoms with E-state index in [0.717, 1.165) is 48.9 Å². The third kappa shape index (κ3) is 6.10. The Bertz CT molecular complexity index is 714. The highest BCUT2D eigenvalue weighted by atomic mass is 16.5. The van der Waals surface area contributed by atoms with Gasteiger partial charge in [-0.05, 0) is 38.6 Å². The lowest BCUT2D eigenvalue weighted by Crippen LogP contribution is -2.37. The third-order valence-electron chi connectivity index (χ3n) is 4.40. The van der Waals surface area contributed by atoms with Gasteiger partial charge in [0.1, 0.15) is 5.76 Å². The fourth-order valence-electron chi connectivity index (χ4n) is 3.02. The number of nitrogens with one attached hydrogen (secondary N) is 2. The molecule has 0 saturated carbocycles. The minimum atomic E-state index is 0.643. The second kappa shape index (κ2) is 10.7. The van der Waals surface area contributed by atoms with Crippen LogP contribution in [0.3, 0.4) is 0 Å². The van der Waals surface area contributed by atoms with Crippen LogP contribution in [0.15, 0.2) is 33.8 Å². The standard InChI is InChI=1S/C21H33N5O/c1-6-19-18(20(7-2)27-25-19)14-24-21(22-8-3)23-13-16-11-9-10-12-17(16)15-26(4)5/h9-12H,6-8,13-15H2,1-5H3,(H2,22,23,24). The van der Waals surface area contributed by atoms with E-state index in [2.05, 4.69) is 79.8 Å². The molecule has 0 radical (unpaired) electrons. The van der Waals surface area contributed by atoms with E-state index in [-0.39, 0.29) is 0 Å². The van der Waals surface area contributed by atoms with Crippen molar-refractivity contribution in [2.45, 2.75) is 53.2 Å². The number of hydrogen-bond acceptors (Lipinski definition) is 4. The molecule has 6 nitrogen and oxygen atoms in total. The number of guanidine groups is 1. The van der Waals surface area contributed by atoms with E-state index >= 15 is 0 Å². The van der Waals surface area contributed by atoms with Crippen molar-refractivity contribution in [3.8, 4) is 0 Å². The normalized spacial score (nSPS) is 11.9. The minimum absolute atomic E-state index is 0.643. The number of nitrogens with zero attached hydrogens (tertiary/aromatic N) is 3. The first-order valence-corrected chi connectivity index (χ1v) is 9.78. The zero-order valence-electron chi connectivity index (χ0n) is 17.3. The van der Waals surface area contributed by atoms with Crippen LogP contribution in [0.5, 0.6) is 0 Å². The lowest BCUT2D eigenvalue weighted by Gasteiger charge is -2.15. The van der Waals surface area contributed by atoms with E-state index in [1.54, 1.807) is 0 Å². The van der Waals surface area contributed by atoms with Crippen molar-refractivity contribution in [2.75, 3.05) is 20.6 Å². The summed E-state index contributed by atoms with van der Waals surface area (Å²) in [6, 6.07) is 8.47. The first-order chi connectivity index (χ1) is 13.1. The molecule has 27 heavy (non-hydrogen) atoms. The maximum atomic E-state index is 5.46. The van der Waals surface area contributed by atoms with E-state index in [4.69, 9.17) is 9.52 Å². The van der Waals surface area contributed by atoms with Crippen molar-refractivity contribution in [3.05, 3.63) is 52.4 Å². The summed E-state index contributed by atoms with van der Waals surface area (Å²) in [7, 11) is 4.17. The van der Waals surface area contributed by atoms with Gasteiger partial charge in [-0.3, -0.25) is 0 Å². The number of aromatic nitrogens is 1. The highest BCUT2D eigenvalue weighted by molar-refractivity contribution is 5.79. The van der Waals surface area contributed by atoms with Crippen LogP contribution in [-0.4, -0.2) is 36.7 Å². The molecule has 0 fully saturated rings. The predicted molar refractivity (Wildman–Crippen MR) is 111 cm³/mol. The van der Waals surface area contributed by atoms with Crippen LogP contribution in [0.2, 0.25) is 0 Å². The summed E-state index contributed by atoms with van der Waals surface area (Å²) < 4.78 is 5.46. The maximum absolute atomic E-state index is 5.46. The summed E-state index contributed by atoms with van der Waals surface area (Å²) >= 11 is 0. The second-order valence-corrected chi connectivity index (χ2v) is 6.79. The van der Waals surface area contributed by atoms with Crippen molar-refractivity contribution in [3.63, 3.8) is 0 Å². The van der Waals surface area contributed by atoms with E-state index in [9.17, 15) is 0 Å². The van der Waals surface area contributed by atoms with Crippen molar-refractivity contribution in [2.24, 2.45) is 4.99 Å². The van der Waals surface area contributed by atoms with E-state index in [1.807, 2.05) is 0 Å². The molecule has 0 unspecified atom stereocenters. The molecular formula is C21H33N5O. The monoisotopic (exact) mass is 371 g/mol. The Balaban J connectivity index is 2.10. The molecule has 0 aliphatic heterocycles. The van der Waals surface area contributed by atoms with Gasteiger partial charge < -0.3 is 20.1 Å². The number of aryl methyl sites for hydroxylation is 2. The molecule has 0 atom stereocenters. The van der Waals surface area contributed by atoms with E-state index in [1.165, 1.54) is 11.1 Å². The van der Waals surface area contributed by atoms with E-state index < -0.39 is 0 Å². The first-order valence-electron chi connectivity index (χ1n) is 9.78. The lowest BCUT2D eigenvalue weighted by atomic mass is 10.1. The van der Waals surface area contributed by atoms with Crippen molar-refractivity contribution in [1.29, 1.82) is 0 Å². The Labute approximate surface area is 163 Å². The molecule has 1 aromatic heterocycles. The largest absolute Gasteiger partial charge is 0.361 e. The van der Waals surface area contributed by atoms with Gasteiger partial charge >= 0.3 is 0 Å². The fraction of sp³-hybridized carbons (Fsp3) is 0.524. The molecular weight excluding hydrogens is 338 g/mol. The van der Waals surface area contributed by atoms with Crippen LogP contribution in [0, 0.1) is 0 Å². The van der Waals surface area contributed by atoms with Crippen molar-refractivity contribution < 1.29 is 4.52 Å². The minimum Gasteiger partial charge on any atom is -0.361 e. The Hall–Kier alpha value is -2.34. The van der Waals surface area contributed by atoms with Gasteiger partial charge in [-0.25, -0.2) is 4.99 Å². The summed E-state index contributed by atoms with van der Waals surface area (Å²) in [4.78, 5) is 6.96. The molecule has 1 aromatic carbocycles. The average Bonchev–Trinajstić information content (AvgIpc) is 3.06. The van der Waals surface area contributed by atoms with Gasteiger partial charge in [-0.1, -0.05) is 43.3 Å². The van der Waals surface area contributed by atoms with Crippen LogP contribution in [0.25, 0.3) is 0 Å². The van der Waals surface area contributed by atoms with Crippen molar-refractivity contribution >= 4 is 5.96 Å². The molecule has 0 amide bonds. The van der Waals surface area contributed by atoms with Crippen LogP contribution < -0.4 is 10.6 Å². The molecule has 2 N–H and O–H groups in total. The highest BCUT2D eigenvalue weighted by Gasteiger charge is 2.13. The molecule has 148 valence electrons. The van der Waals surface area contributed by atoms with Gasteiger partial charge in [0.15, 0.2) is 5.96 Å². The van der Waals surface area contributed by atoms with Gasteiger partial charge in [0.2, 0.25) is 0 Å². The Kier molecular flexibility index (Phi) is 8.33. The Morgan fingerprint density at radius 3 is 2.44 bits per heavy atom. The summed E-state index contributed by atoms with van der Waals surface area (Å²) in [5.41, 5.74) is 4.73. The van der Waals surface area contributed by atoms with Crippen LogP contribution >= 0.6 is 0 Å². The zero-order valence-corrected chi connectivity index (χ0v) is 17.3. The SMILES string of the molecule is CCNC(=NCc1ccccc1CN(C)C)NCc1c(CC)noc1CC. The summed E-state index contributed by atoms with van der Waals surface area (Å²) in [6.07, 6.45) is 1.71. The molecule has 0 aliphatic carbocycles. The van der Waals surface area contributed by atoms with Crippen LogP contribution in [0.1, 0.15) is 48.9 Å². The summed E-state index contributed by atoms with van der Waals surface area (Å²) in [5, 5.41) is 10.9. The molecule has 6 heteroatoms. The highest BCUT2D eigenvalue weighted by Crippen LogP contribution is 2.15. The number of hydrogen-bond donors (Lipinski definition) is 2. The number of benzene rings is 1. The molecule has 1 heterocycles. The summed E-state index contributed by atoms with van der Waals surface area (Å²) in [5.74, 6) is 1.76. The Morgan fingerprint density at radius 1 is 1.07 bits per heavy atom. The van der Waals surface area contributed by atoms with E-state index in [0.29, 0.717) is 13.1 Å². The van der Waals surface area contributed by atoms with Gasteiger partial charge in [-0.2, -0.15) is 0 Å².